The van der Waals surface area contributed by atoms with E-state index in [2.05, 4.69) is 4.90 Å². The summed E-state index contributed by atoms with van der Waals surface area (Å²) in [6, 6.07) is 12.4. The smallest absolute Gasteiger partial charge is 0.200 e. The van der Waals surface area contributed by atoms with Crippen LogP contribution in [0.2, 0.25) is 0 Å². The lowest BCUT2D eigenvalue weighted by molar-refractivity contribution is -0.0786. The van der Waals surface area contributed by atoms with Gasteiger partial charge in [0.2, 0.25) is 5.43 Å². The Morgan fingerprint density at radius 1 is 1.11 bits per heavy atom. The predicted molar refractivity (Wildman–Crippen MR) is 108 cm³/mol. The van der Waals surface area contributed by atoms with E-state index in [-0.39, 0.29) is 24.2 Å². The van der Waals surface area contributed by atoms with Crippen molar-refractivity contribution in [2.45, 2.75) is 32.2 Å². The maximum atomic E-state index is 12.7. The molecule has 1 N–H and O–H groups in total. The van der Waals surface area contributed by atoms with Crippen molar-refractivity contribution in [1.29, 1.82) is 0 Å². The summed E-state index contributed by atoms with van der Waals surface area (Å²) in [5.74, 6) is 0.540. The van der Waals surface area contributed by atoms with E-state index in [4.69, 9.17) is 13.9 Å². The third kappa shape index (κ3) is 4.04. The second-order valence-electron chi connectivity index (χ2n) is 7.53. The summed E-state index contributed by atoms with van der Waals surface area (Å²) >= 11 is 0. The number of hydrogen-bond donors (Lipinski definition) is 1. The third-order valence-corrected chi connectivity index (χ3v) is 4.95. The Morgan fingerprint density at radius 3 is 2.61 bits per heavy atom. The third-order valence-electron chi connectivity index (χ3n) is 4.95. The van der Waals surface area contributed by atoms with Crippen molar-refractivity contribution >= 4 is 21.9 Å². The summed E-state index contributed by atoms with van der Waals surface area (Å²) in [6.07, 6.45) is -0.306. The molecule has 0 bridgehead atoms. The van der Waals surface area contributed by atoms with E-state index in [1.54, 1.807) is 30.3 Å². The van der Waals surface area contributed by atoms with Gasteiger partial charge in [-0.15, -0.1) is 0 Å². The van der Waals surface area contributed by atoms with Crippen LogP contribution in [0.4, 0.5) is 0 Å². The van der Waals surface area contributed by atoms with Gasteiger partial charge in [0.05, 0.1) is 23.0 Å². The fraction of sp³-hybridized carbons (Fsp3) is 0.409. The van der Waals surface area contributed by atoms with Crippen LogP contribution < -0.4 is 10.2 Å². The molecule has 148 valence electrons. The molecule has 1 aromatic heterocycles. The van der Waals surface area contributed by atoms with Crippen molar-refractivity contribution in [3.8, 4) is 5.75 Å². The Labute approximate surface area is 163 Å². The second-order valence-corrected chi connectivity index (χ2v) is 7.53. The van der Waals surface area contributed by atoms with Crippen molar-refractivity contribution in [1.82, 2.24) is 4.90 Å². The summed E-state index contributed by atoms with van der Waals surface area (Å²) < 4.78 is 17.3. The molecule has 6 nitrogen and oxygen atoms in total. The summed E-state index contributed by atoms with van der Waals surface area (Å²) in [5, 5.41) is 11.4. The number of aliphatic hydroxyl groups excluding tert-OH is 1. The summed E-state index contributed by atoms with van der Waals surface area (Å²) in [7, 11) is 0. The topological polar surface area (TPSA) is 72.1 Å². The van der Waals surface area contributed by atoms with E-state index in [9.17, 15) is 9.90 Å². The van der Waals surface area contributed by atoms with Gasteiger partial charge in [-0.1, -0.05) is 12.1 Å². The molecular weight excluding hydrogens is 358 g/mol. The van der Waals surface area contributed by atoms with E-state index in [1.807, 2.05) is 26.0 Å². The summed E-state index contributed by atoms with van der Waals surface area (Å²) in [5.41, 5.74) is 1.00. The average Bonchev–Trinajstić information content (AvgIpc) is 2.66. The van der Waals surface area contributed by atoms with Crippen LogP contribution in [0.5, 0.6) is 5.75 Å². The number of para-hydroxylation sites is 1. The number of fused-ring (bicyclic) bond motifs is 2. The highest BCUT2D eigenvalue weighted by Gasteiger charge is 2.24. The number of hydrogen-bond acceptors (Lipinski definition) is 6. The van der Waals surface area contributed by atoms with Gasteiger partial charge in [0.1, 0.15) is 29.6 Å². The fourth-order valence-corrected chi connectivity index (χ4v) is 3.85. The van der Waals surface area contributed by atoms with Gasteiger partial charge >= 0.3 is 0 Å². The van der Waals surface area contributed by atoms with Crippen molar-refractivity contribution in [3.05, 3.63) is 52.7 Å². The SMILES string of the molecule is C[C@@H]1CN(CC(O)COc2ccc3oc4ccccc4c(=O)c3c2)C[C@@H](C)O1. The minimum atomic E-state index is -0.624. The van der Waals surface area contributed by atoms with Gasteiger partial charge in [0.25, 0.3) is 0 Å². The molecule has 3 aromatic rings. The standard InChI is InChI=1S/C22H25NO5/c1-14-10-23(11-15(2)27-14)12-16(24)13-26-17-7-8-21-19(9-17)22(25)18-5-3-4-6-20(18)28-21/h3-9,14-16,24H,10-13H2,1-2H3/t14-,15-,16?/m1/s1. The van der Waals surface area contributed by atoms with Crippen molar-refractivity contribution < 1.29 is 19.0 Å². The molecule has 4 rings (SSSR count). The van der Waals surface area contributed by atoms with Crippen LogP contribution in [0.1, 0.15) is 13.8 Å². The molecule has 6 heteroatoms. The lowest BCUT2D eigenvalue weighted by Crippen LogP contribution is -2.48. The van der Waals surface area contributed by atoms with Crippen LogP contribution >= 0.6 is 0 Å². The van der Waals surface area contributed by atoms with Crippen molar-refractivity contribution in [3.63, 3.8) is 0 Å². The van der Waals surface area contributed by atoms with Crippen LogP contribution in [-0.4, -0.2) is 54.6 Å². The van der Waals surface area contributed by atoms with E-state index < -0.39 is 6.10 Å². The molecule has 0 spiro atoms. The minimum absolute atomic E-state index is 0.0841. The molecule has 1 aliphatic heterocycles. The largest absolute Gasteiger partial charge is 0.491 e. The van der Waals surface area contributed by atoms with Crippen LogP contribution in [0, 0.1) is 0 Å². The first kappa shape index (κ1) is 18.9. The van der Waals surface area contributed by atoms with Gasteiger partial charge in [0.15, 0.2) is 0 Å². The van der Waals surface area contributed by atoms with Crippen LogP contribution in [0.15, 0.2) is 51.7 Å². The Kier molecular flexibility index (Phi) is 5.35. The number of rotatable bonds is 5. The molecule has 1 unspecified atom stereocenters. The van der Waals surface area contributed by atoms with Crippen molar-refractivity contribution in [2.24, 2.45) is 0 Å². The molecule has 1 aliphatic rings. The zero-order valence-electron chi connectivity index (χ0n) is 16.1. The van der Waals surface area contributed by atoms with Gasteiger partial charge in [-0.05, 0) is 44.2 Å². The maximum Gasteiger partial charge on any atom is 0.200 e. The summed E-state index contributed by atoms with van der Waals surface area (Å²) in [6.45, 7) is 6.35. The van der Waals surface area contributed by atoms with E-state index >= 15 is 0 Å². The van der Waals surface area contributed by atoms with Gasteiger partial charge < -0.3 is 19.0 Å². The van der Waals surface area contributed by atoms with E-state index in [1.165, 1.54) is 0 Å². The second kappa shape index (κ2) is 7.91. The lowest BCUT2D eigenvalue weighted by Gasteiger charge is -2.36. The average molecular weight is 383 g/mol. The van der Waals surface area contributed by atoms with Crippen LogP contribution in [-0.2, 0) is 4.74 Å². The molecule has 2 heterocycles. The zero-order chi connectivity index (χ0) is 19.7. The monoisotopic (exact) mass is 383 g/mol. The van der Waals surface area contributed by atoms with Crippen LogP contribution in [0.25, 0.3) is 21.9 Å². The van der Waals surface area contributed by atoms with Gasteiger partial charge in [-0.25, -0.2) is 0 Å². The van der Waals surface area contributed by atoms with Gasteiger partial charge in [-0.3, -0.25) is 9.69 Å². The number of β-amino-alcohol motifs (C(OH)–C–C–N with tert-alkyl or cyclic N) is 1. The highest BCUT2D eigenvalue weighted by atomic mass is 16.5. The number of morpholine rings is 1. The van der Waals surface area contributed by atoms with E-state index in [0.717, 1.165) is 13.1 Å². The number of aliphatic hydroxyl groups is 1. The molecule has 0 amide bonds. The first-order valence-electron chi connectivity index (χ1n) is 9.64. The maximum absolute atomic E-state index is 12.7. The zero-order valence-corrected chi connectivity index (χ0v) is 16.1. The Hall–Kier alpha value is -2.41. The highest BCUT2D eigenvalue weighted by Crippen LogP contribution is 2.22. The molecule has 0 radical (unpaired) electrons. The molecule has 0 aliphatic carbocycles. The number of nitrogens with zero attached hydrogens (tertiary/aromatic N) is 1. The molecule has 1 fully saturated rings. The normalized spacial score (nSPS) is 21.8. The molecular formula is C22H25NO5. The first-order valence-corrected chi connectivity index (χ1v) is 9.64. The molecule has 2 aromatic carbocycles. The Morgan fingerprint density at radius 2 is 1.82 bits per heavy atom. The first-order chi connectivity index (χ1) is 13.5. The molecule has 3 atom stereocenters. The van der Waals surface area contributed by atoms with Crippen molar-refractivity contribution in [2.75, 3.05) is 26.2 Å². The number of ether oxygens (including phenoxy) is 2. The Bertz CT molecular complexity index is 1020. The fourth-order valence-electron chi connectivity index (χ4n) is 3.85. The molecule has 1 saturated heterocycles. The number of benzene rings is 2. The Balaban J connectivity index is 1.45. The highest BCUT2D eigenvalue weighted by molar-refractivity contribution is 5.90. The quantitative estimate of drug-likeness (QED) is 0.683. The molecule has 28 heavy (non-hydrogen) atoms. The molecule has 0 saturated carbocycles. The minimum Gasteiger partial charge on any atom is -0.491 e. The van der Waals surface area contributed by atoms with Crippen LogP contribution in [0.3, 0.4) is 0 Å². The van der Waals surface area contributed by atoms with Gasteiger partial charge in [-0.2, -0.15) is 0 Å². The predicted octanol–water partition coefficient (Wildman–Crippen LogP) is 2.80. The van der Waals surface area contributed by atoms with E-state index in [0.29, 0.717) is 34.2 Å². The summed E-state index contributed by atoms with van der Waals surface area (Å²) in [4.78, 5) is 14.9. The lowest BCUT2D eigenvalue weighted by atomic mass is 10.1. The van der Waals surface area contributed by atoms with Gasteiger partial charge in [0, 0.05) is 19.6 Å².